The second-order valence-electron chi connectivity index (χ2n) is 5.49. The maximum Gasteiger partial charge on any atom is 0.307 e. The number of carbonyl (C=O) groups is 3. The van der Waals surface area contributed by atoms with Crippen molar-refractivity contribution < 1.29 is 27.5 Å². The van der Waals surface area contributed by atoms with E-state index in [1.165, 1.54) is 20.2 Å². The molecule has 2 amide bonds. The predicted molar refractivity (Wildman–Crippen MR) is 99.7 cm³/mol. The number of ether oxygens (including phenoxy) is 1. The molecular formula is C17H23N3O6S. The van der Waals surface area contributed by atoms with Crippen LogP contribution in [0.15, 0.2) is 35.7 Å². The molecule has 148 valence electrons. The van der Waals surface area contributed by atoms with E-state index >= 15 is 0 Å². The summed E-state index contributed by atoms with van der Waals surface area (Å²) < 4.78 is 30.7. The summed E-state index contributed by atoms with van der Waals surface area (Å²) in [4.78, 5) is 35.6. The lowest BCUT2D eigenvalue weighted by atomic mass is 10.2. The Morgan fingerprint density at radius 3 is 2.48 bits per heavy atom. The number of rotatable bonds is 10. The fourth-order valence-electron chi connectivity index (χ4n) is 1.78. The number of esters is 1. The van der Waals surface area contributed by atoms with Gasteiger partial charge in [-0.3, -0.25) is 14.4 Å². The van der Waals surface area contributed by atoms with E-state index in [1.54, 1.807) is 24.3 Å². The Bertz CT molecular complexity index is 777. The van der Waals surface area contributed by atoms with E-state index in [-0.39, 0.29) is 25.4 Å². The van der Waals surface area contributed by atoms with Gasteiger partial charge in [0.15, 0.2) is 6.61 Å². The van der Waals surface area contributed by atoms with E-state index in [0.717, 1.165) is 15.9 Å². The fourth-order valence-corrected chi connectivity index (χ4v) is 2.60. The van der Waals surface area contributed by atoms with Gasteiger partial charge in [-0.15, -0.1) is 0 Å². The average molecular weight is 397 g/mol. The molecule has 1 aromatic carbocycles. The van der Waals surface area contributed by atoms with Gasteiger partial charge in [0.05, 0.1) is 13.0 Å². The molecule has 2 N–H and O–H groups in total. The minimum Gasteiger partial charge on any atom is -0.456 e. The molecule has 0 atom stereocenters. The summed E-state index contributed by atoms with van der Waals surface area (Å²) in [6, 6.07) is 8.88. The van der Waals surface area contributed by atoms with Gasteiger partial charge < -0.3 is 15.0 Å². The van der Waals surface area contributed by atoms with E-state index in [4.69, 9.17) is 4.74 Å². The molecule has 0 saturated heterocycles. The Balaban J connectivity index is 2.32. The third-order valence-electron chi connectivity index (χ3n) is 3.31. The van der Waals surface area contributed by atoms with Crippen molar-refractivity contribution in [3.8, 4) is 0 Å². The first-order valence-electron chi connectivity index (χ1n) is 8.06. The van der Waals surface area contributed by atoms with Crippen LogP contribution in [0.5, 0.6) is 0 Å². The molecule has 0 saturated carbocycles. The summed E-state index contributed by atoms with van der Waals surface area (Å²) in [5, 5.41) is 3.37. The van der Waals surface area contributed by atoms with Crippen molar-refractivity contribution in [3.05, 3.63) is 41.3 Å². The highest BCUT2D eigenvalue weighted by Crippen LogP contribution is 2.02. The molecule has 0 heterocycles. The molecule has 0 unspecified atom stereocenters. The summed E-state index contributed by atoms with van der Waals surface area (Å²) in [5.41, 5.74) is 0.724. The lowest BCUT2D eigenvalue weighted by Crippen LogP contribution is -2.39. The van der Waals surface area contributed by atoms with Gasteiger partial charge in [-0.25, -0.2) is 13.1 Å². The van der Waals surface area contributed by atoms with Gasteiger partial charge >= 0.3 is 5.97 Å². The van der Waals surface area contributed by atoms with Crippen LogP contribution in [0.4, 0.5) is 0 Å². The third-order valence-corrected chi connectivity index (χ3v) is 4.41. The highest BCUT2D eigenvalue weighted by atomic mass is 32.2. The first-order valence-corrected chi connectivity index (χ1v) is 9.61. The molecule has 0 aromatic heterocycles. The van der Waals surface area contributed by atoms with Gasteiger partial charge in [-0.1, -0.05) is 30.3 Å². The van der Waals surface area contributed by atoms with Crippen LogP contribution < -0.4 is 10.0 Å². The van der Waals surface area contributed by atoms with Gasteiger partial charge in [0.1, 0.15) is 0 Å². The van der Waals surface area contributed by atoms with E-state index in [0.29, 0.717) is 0 Å². The lowest BCUT2D eigenvalue weighted by molar-refractivity contribution is -0.151. The van der Waals surface area contributed by atoms with Crippen LogP contribution in [0.2, 0.25) is 0 Å². The number of hydrogen-bond donors (Lipinski definition) is 2. The van der Waals surface area contributed by atoms with Crippen molar-refractivity contribution in [1.82, 2.24) is 14.9 Å². The normalized spacial score (nSPS) is 11.2. The fraction of sp³-hybridized carbons (Fsp3) is 0.353. The second kappa shape index (κ2) is 11.1. The monoisotopic (exact) mass is 397 g/mol. The smallest absolute Gasteiger partial charge is 0.307 e. The van der Waals surface area contributed by atoms with Crippen LogP contribution in [0.1, 0.15) is 12.0 Å². The van der Waals surface area contributed by atoms with Crippen molar-refractivity contribution in [2.75, 3.05) is 33.8 Å². The zero-order valence-electron chi connectivity index (χ0n) is 15.2. The molecule has 0 spiro atoms. The maximum absolute atomic E-state index is 11.8. The zero-order chi connectivity index (χ0) is 20.3. The molecule has 9 nitrogen and oxygen atoms in total. The van der Waals surface area contributed by atoms with Crippen molar-refractivity contribution in [3.63, 3.8) is 0 Å². The van der Waals surface area contributed by atoms with Crippen molar-refractivity contribution >= 4 is 33.9 Å². The van der Waals surface area contributed by atoms with Crippen LogP contribution in [-0.4, -0.2) is 64.9 Å². The van der Waals surface area contributed by atoms with Gasteiger partial charge in [0.25, 0.3) is 5.91 Å². The van der Waals surface area contributed by atoms with Crippen molar-refractivity contribution in [1.29, 1.82) is 0 Å². The van der Waals surface area contributed by atoms with Gasteiger partial charge in [0.2, 0.25) is 15.9 Å². The standard InChI is InChI=1S/C17H23N3O6S/c1-18-15(21)12-20(2)16(22)13-26-17(23)8-10-19-27(24,25)11-9-14-6-4-3-5-7-14/h3-7,9,11,19H,8,10,12-13H2,1-2H3,(H,18,21)/b11-9+. The lowest BCUT2D eigenvalue weighted by Gasteiger charge is -2.15. The van der Waals surface area contributed by atoms with Crippen LogP contribution >= 0.6 is 0 Å². The SMILES string of the molecule is CNC(=O)CN(C)C(=O)COC(=O)CCNS(=O)(=O)/C=C/c1ccccc1. The molecule has 0 radical (unpaired) electrons. The highest BCUT2D eigenvalue weighted by Gasteiger charge is 2.15. The number of amides is 2. The van der Waals surface area contributed by atoms with Crippen LogP contribution in [-0.2, 0) is 29.1 Å². The molecular weight excluding hydrogens is 374 g/mol. The highest BCUT2D eigenvalue weighted by molar-refractivity contribution is 7.92. The first kappa shape index (κ1) is 22.3. The summed E-state index contributed by atoms with van der Waals surface area (Å²) in [6.07, 6.45) is 1.20. The number of nitrogens with one attached hydrogen (secondary N) is 2. The maximum atomic E-state index is 11.8. The summed E-state index contributed by atoms with van der Waals surface area (Å²) in [6.45, 7) is -0.837. The van der Waals surface area contributed by atoms with E-state index in [1.807, 2.05) is 6.07 Å². The Kier molecular flexibility index (Phi) is 9.17. The molecule has 10 heteroatoms. The molecule has 1 rings (SSSR count). The summed E-state index contributed by atoms with van der Waals surface area (Å²) >= 11 is 0. The molecule has 27 heavy (non-hydrogen) atoms. The molecule has 0 aliphatic rings. The zero-order valence-corrected chi connectivity index (χ0v) is 16.0. The number of carbonyl (C=O) groups excluding carboxylic acids is 3. The first-order chi connectivity index (χ1) is 12.7. The minimum atomic E-state index is -3.69. The van der Waals surface area contributed by atoms with Crippen molar-refractivity contribution in [2.45, 2.75) is 6.42 Å². The van der Waals surface area contributed by atoms with E-state index in [2.05, 4.69) is 10.0 Å². The summed E-state index contributed by atoms with van der Waals surface area (Å²) in [7, 11) is -0.852. The van der Waals surface area contributed by atoms with Crippen LogP contribution in [0.25, 0.3) is 6.08 Å². The van der Waals surface area contributed by atoms with Gasteiger partial charge in [-0.05, 0) is 11.6 Å². The van der Waals surface area contributed by atoms with Gasteiger partial charge in [-0.2, -0.15) is 0 Å². The second-order valence-corrected chi connectivity index (χ2v) is 7.14. The number of likely N-dealkylation sites (N-methyl/N-ethyl adjacent to an activating group) is 2. The number of sulfonamides is 1. The van der Waals surface area contributed by atoms with Gasteiger partial charge in [0, 0.05) is 26.0 Å². The van der Waals surface area contributed by atoms with Crippen LogP contribution in [0, 0.1) is 0 Å². The topological polar surface area (TPSA) is 122 Å². The molecule has 1 aromatic rings. The number of hydrogen-bond acceptors (Lipinski definition) is 6. The average Bonchev–Trinajstić information content (AvgIpc) is 2.65. The van der Waals surface area contributed by atoms with E-state index < -0.39 is 28.5 Å². The van der Waals surface area contributed by atoms with Crippen molar-refractivity contribution in [2.24, 2.45) is 0 Å². The minimum absolute atomic E-state index is 0.152. The quantitative estimate of drug-likeness (QED) is 0.524. The Morgan fingerprint density at radius 2 is 1.85 bits per heavy atom. The molecule has 0 fully saturated rings. The number of nitrogens with zero attached hydrogens (tertiary/aromatic N) is 1. The molecule has 0 aliphatic carbocycles. The Labute approximate surface area is 158 Å². The van der Waals surface area contributed by atoms with Crippen LogP contribution in [0.3, 0.4) is 0 Å². The Hall–Kier alpha value is -2.72. The molecule has 0 bridgehead atoms. The number of benzene rings is 1. The largest absolute Gasteiger partial charge is 0.456 e. The Morgan fingerprint density at radius 1 is 1.19 bits per heavy atom. The van der Waals surface area contributed by atoms with E-state index in [9.17, 15) is 22.8 Å². The molecule has 0 aliphatic heterocycles. The predicted octanol–water partition coefficient (Wildman–Crippen LogP) is -0.286. The third kappa shape index (κ3) is 9.52. The summed E-state index contributed by atoms with van der Waals surface area (Å²) in [5.74, 6) is -1.63.